The molecular formula is C21H29N3O6. The number of ether oxygens (including phenoxy) is 2. The van der Waals surface area contributed by atoms with Crippen LogP contribution < -0.4 is 4.90 Å². The van der Waals surface area contributed by atoms with E-state index < -0.39 is 17.5 Å². The average Bonchev–Trinajstić information content (AvgIpc) is 3.00. The van der Waals surface area contributed by atoms with Crippen LogP contribution in [0.2, 0.25) is 0 Å². The maximum Gasteiger partial charge on any atom is 0.338 e. The minimum atomic E-state index is -0.747. The highest BCUT2D eigenvalue weighted by Gasteiger charge is 2.27. The molecule has 164 valence electrons. The molecule has 9 nitrogen and oxygen atoms in total. The van der Waals surface area contributed by atoms with Crippen LogP contribution in [-0.4, -0.2) is 66.7 Å². The Morgan fingerprint density at radius 1 is 1.13 bits per heavy atom. The number of anilines is 1. The molecule has 0 radical (unpaired) electrons. The molecule has 2 atom stereocenters. The molecule has 2 aliphatic heterocycles. The van der Waals surface area contributed by atoms with Crippen molar-refractivity contribution in [3.05, 3.63) is 33.9 Å². The zero-order valence-corrected chi connectivity index (χ0v) is 17.5. The summed E-state index contributed by atoms with van der Waals surface area (Å²) in [5.41, 5.74) is 0.469. The fourth-order valence-electron chi connectivity index (χ4n) is 4.06. The summed E-state index contributed by atoms with van der Waals surface area (Å²) in [7, 11) is 0. The lowest BCUT2D eigenvalue weighted by Gasteiger charge is -2.35. The minimum absolute atomic E-state index is 0.0665. The summed E-state index contributed by atoms with van der Waals surface area (Å²) < 4.78 is 10.7. The molecule has 9 heteroatoms. The fraction of sp³-hybridized carbons (Fsp3) is 0.619. The highest BCUT2D eigenvalue weighted by Crippen LogP contribution is 2.31. The number of esters is 1. The number of rotatable bonds is 5. The zero-order valence-electron chi connectivity index (χ0n) is 17.5. The second-order valence-corrected chi connectivity index (χ2v) is 7.99. The SMILES string of the molecule is CC1CN(C(=O)COC(=O)c2ccc(N3CCCCCC3)c([N+](=O)[O-])c2)CC(C)O1. The summed E-state index contributed by atoms with van der Waals surface area (Å²) in [6, 6.07) is 4.37. The van der Waals surface area contributed by atoms with E-state index in [-0.39, 0.29) is 29.4 Å². The number of carbonyl (C=O) groups is 2. The van der Waals surface area contributed by atoms with Crippen molar-refractivity contribution in [2.45, 2.75) is 51.7 Å². The molecule has 0 aromatic heterocycles. The molecule has 1 aromatic rings. The minimum Gasteiger partial charge on any atom is -0.452 e. The topological polar surface area (TPSA) is 102 Å². The smallest absolute Gasteiger partial charge is 0.338 e. The van der Waals surface area contributed by atoms with Gasteiger partial charge in [0.1, 0.15) is 5.69 Å². The second-order valence-electron chi connectivity index (χ2n) is 7.99. The van der Waals surface area contributed by atoms with Gasteiger partial charge < -0.3 is 19.3 Å². The molecule has 0 aliphatic carbocycles. The van der Waals surface area contributed by atoms with Crippen molar-refractivity contribution in [1.82, 2.24) is 4.90 Å². The van der Waals surface area contributed by atoms with Crippen molar-refractivity contribution in [3.8, 4) is 0 Å². The standard InChI is InChI=1S/C21H29N3O6/c1-15-12-23(13-16(2)30-15)20(25)14-29-21(26)17-7-8-18(19(11-17)24(27)28)22-9-5-3-4-6-10-22/h7-8,11,15-16H,3-6,9-10,12-14H2,1-2H3. The highest BCUT2D eigenvalue weighted by atomic mass is 16.6. The van der Waals surface area contributed by atoms with Gasteiger partial charge in [-0.05, 0) is 38.8 Å². The predicted molar refractivity (Wildman–Crippen MR) is 111 cm³/mol. The van der Waals surface area contributed by atoms with Gasteiger partial charge in [-0.3, -0.25) is 14.9 Å². The molecule has 0 spiro atoms. The Bertz CT molecular complexity index is 781. The maximum atomic E-state index is 12.4. The molecule has 0 saturated carbocycles. The van der Waals surface area contributed by atoms with E-state index in [0.717, 1.165) is 38.8 Å². The Kier molecular flexibility index (Phi) is 7.25. The monoisotopic (exact) mass is 419 g/mol. The lowest BCUT2D eigenvalue weighted by molar-refractivity contribution is -0.384. The van der Waals surface area contributed by atoms with Crippen LogP contribution in [0.5, 0.6) is 0 Å². The largest absolute Gasteiger partial charge is 0.452 e. The summed E-state index contributed by atoms with van der Waals surface area (Å²) in [6.45, 7) is 5.76. The first-order valence-corrected chi connectivity index (χ1v) is 10.5. The first-order chi connectivity index (χ1) is 14.3. The van der Waals surface area contributed by atoms with Crippen LogP contribution in [0.25, 0.3) is 0 Å². The lowest BCUT2D eigenvalue weighted by atomic mass is 10.1. The number of morpholine rings is 1. The van der Waals surface area contributed by atoms with Crippen molar-refractivity contribution < 1.29 is 24.0 Å². The quantitative estimate of drug-likeness (QED) is 0.411. The van der Waals surface area contributed by atoms with Gasteiger partial charge in [0.2, 0.25) is 0 Å². The van der Waals surface area contributed by atoms with Gasteiger partial charge in [0, 0.05) is 32.2 Å². The molecule has 1 amide bonds. The molecule has 30 heavy (non-hydrogen) atoms. The van der Waals surface area contributed by atoms with Gasteiger partial charge in [0.05, 0.1) is 22.7 Å². The van der Waals surface area contributed by atoms with E-state index in [4.69, 9.17) is 9.47 Å². The Morgan fingerprint density at radius 3 is 2.37 bits per heavy atom. The summed E-state index contributed by atoms with van der Waals surface area (Å²) >= 11 is 0. The first kappa shape index (κ1) is 22.0. The number of nitrogens with zero attached hydrogens (tertiary/aromatic N) is 3. The highest BCUT2D eigenvalue weighted by molar-refractivity contribution is 5.93. The summed E-state index contributed by atoms with van der Waals surface area (Å²) in [4.78, 5) is 39.5. The molecule has 2 unspecified atom stereocenters. The van der Waals surface area contributed by atoms with Crippen molar-refractivity contribution >= 4 is 23.3 Å². The van der Waals surface area contributed by atoms with E-state index in [1.54, 1.807) is 11.0 Å². The Labute approximate surface area is 176 Å². The molecule has 2 aliphatic rings. The van der Waals surface area contributed by atoms with Gasteiger partial charge in [-0.25, -0.2) is 4.79 Å². The average molecular weight is 419 g/mol. The Morgan fingerprint density at radius 2 is 1.77 bits per heavy atom. The number of nitro benzene ring substituents is 1. The molecule has 2 heterocycles. The van der Waals surface area contributed by atoms with Crippen molar-refractivity contribution in [3.63, 3.8) is 0 Å². The van der Waals surface area contributed by atoms with Gasteiger partial charge in [-0.1, -0.05) is 12.8 Å². The van der Waals surface area contributed by atoms with E-state index in [9.17, 15) is 19.7 Å². The number of carbonyl (C=O) groups excluding carboxylic acids is 2. The van der Waals surface area contributed by atoms with Gasteiger partial charge >= 0.3 is 5.97 Å². The zero-order chi connectivity index (χ0) is 21.7. The number of benzene rings is 1. The third kappa shape index (κ3) is 5.47. The van der Waals surface area contributed by atoms with Crippen molar-refractivity contribution in [1.29, 1.82) is 0 Å². The van der Waals surface area contributed by atoms with Gasteiger partial charge in [-0.2, -0.15) is 0 Å². The third-order valence-corrected chi connectivity index (χ3v) is 5.45. The van der Waals surface area contributed by atoms with E-state index >= 15 is 0 Å². The number of hydrogen-bond donors (Lipinski definition) is 0. The van der Waals surface area contributed by atoms with Gasteiger partial charge in [0.15, 0.2) is 6.61 Å². The second kappa shape index (κ2) is 9.88. The van der Waals surface area contributed by atoms with Crippen LogP contribution in [0.1, 0.15) is 49.9 Å². The third-order valence-electron chi connectivity index (χ3n) is 5.45. The molecular weight excluding hydrogens is 390 g/mol. The van der Waals surface area contributed by atoms with Gasteiger partial charge in [0.25, 0.3) is 11.6 Å². The van der Waals surface area contributed by atoms with Crippen LogP contribution in [0.3, 0.4) is 0 Å². The van der Waals surface area contributed by atoms with Crippen LogP contribution >= 0.6 is 0 Å². The van der Waals surface area contributed by atoms with E-state index in [1.165, 1.54) is 12.1 Å². The van der Waals surface area contributed by atoms with E-state index in [2.05, 4.69) is 0 Å². The van der Waals surface area contributed by atoms with Crippen molar-refractivity contribution in [2.75, 3.05) is 37.7 Å². The van der Waals surface area contributed by atoms with Crippen LogP contribution in [-0.2, 0) is 14.3 Å². The molecule has 0 N–H and O–H groups in total. The maximum absolute atomic E-state index is 12.4. The molecule has 3 rings (SSSR count). The van der Waals surface area contributed by atoms with Crippen molar-refractivity contribution in [2.24, 2.45) is 0 Å². The van der Waals surface area contributed by atoms with Gasteiger partial charge in [-0.15, -0.1) is 0 Å². The molecule has 0 bridgehead atoms. The number of hydrogen-bond acceptors (Lipinski definition) is 7. The van der Waals surface area contributed by atoms with Crippen LogP contribution in [0, 0.1) is 10.1 Å². The summed E-state index contributed by atoms with van der Waals surface area (Å²) in [5.74, 6) is -1.05. The first-order valence-electron chi connectivity index (χ1n) is 10.5. The van der Waals surface area contributed by atoms with Crippen LogP contribution in [0.4, 0.5) is 11.4 Å². The predicted octanol–water partition coefficient (Wildman–Crippen LogP) is 2.77. The molecule has 2 fully saturated rings. The summed E-state index contributed by atoms with van der Waals surface area (Å²) in [6.07, 6.45) is 4.04. The van der Waals surface area contributed by atoms with E-state index in [0.29, 0.717) is 18.8 Å². The Hall–Kier alpha value is -2.68. The number of amides is 1. The summed E-state index contributed by atoms with van der Waals surface area (Å²) in [5, 5.41) is 11.6. The fourth-order valence-corrected chi connectivity index (χ4v) is 4.06. The van der Waals surface area contributed by atoms with E-state index in [1.807, 2.05) is 18.7 Å². The lowest BCUT2D eigenvalue weighted by Crippen LogP contribution is -2.49. The molecule has 1 aromatic carbocycles. The number of nitro groups is 1. The molecule has 2 saturated heterocycles. The Balaban J connectivity index is 1.66. The normalized spacial score (nSPS) is 22.3. The van der Waals surface area contributed by atoms with Crippen LogP contribution in [0.15, 0.2) is 18.2 Å².